The Bertz CT molecular complexity index is 361. The Morgan fingerprint density at radius 1 is 1.57 bits per heavy atom. The number of amides is 1. The molecule has 2 N–H and O–H groups in total. The minimum absolute atomic E-state index is 0.279. The second-order valence-corrected chi connectivity index (χ2v) is 3.31. The molecule has 0 unspecified atom stereocenters. The Labute approximate surface area is 87.5 Å². The van der Waals surface area contributed by atoms with Crippen molar-refractivity contribution < 1.29 is 14.4 Å². The number of hydrogen-bond acceptors (Lipinski definition) is 3. The van der Waals surface area contributed by atoms with Crippen LogP contribution in [0, 0.1) is 5.82 Å². The third kappa shape index (κ3) is 3.14. The first kappa shape index (κ1) is 10.6. The van der Waals surface area contributed by atoms with Gasteiger partial charge < -0.3 is 10.5 Å². The number of nitrogens with zero attached hydrogens (tertiary/aromatic N) is 1. The molecule has 74 valence electrons. The van der Waals surface area contributed by atoms with Gasteiger partial charge in [0.05, 0.1) is 0 Å². The van der Waals surface area contributed by atoms with Crippen LogP contribution in [0.4, 0.5) is 10.1 Å². The van der Waals surface area contributed by atoms with Crippen molar-refractivity contribution in [3.63, 3.8) is 0 Å². The quantitative estimate of drug-likeness (QED) is 0.485. The van der Waals surface area contributed by atoms with E-state index in [1.54, 1.807) is 0 Å². The van der Waals surface area contributed by atoms with Gasteiger partial charge in [0.1, 0.15) is 12.0 Å². The maximum absolute atomic E-state index is 12.8. The van der Waals surface area contributed by atoms with E-state index in [0.29, 0.717) is 10.7 Å². The van der Waals surface area contributed by atoms with Crippen LogP contribution in [-0.2, 0) is 4.79 Å². The molecule has 0 atom stereocenters. The van der Waals surface area contributed by atoms with Crippen LogP contribution in [0.2, 0.25) is 0 Å². The van der Waals surface area contributed by atoms with Gasteiger partial charge in [-0.05, 0) is 18.2 Å². The molecule has 0 bridgehead atoms. The molecule has 4 nitrogen and oxygen atoms in total. The lowest BCUT2D eigenvalue weighted by Crippen LogP contribution is -2.12. The molecule has 0 saturated heterocycles. The first-order valence-corrected chi connectivity index (χ1v) is 4.35. The van der Waals surface area contributed by atoms with E-state index >= 15 is 0 Å². The average Bonchev–Trinajstić information content (AvgIpc) is 2.01. The second-order valence-electron chi connectivity index (χ2n) is 2.39. The summed E-state index contributed by atoms with van der Waals surface area (Å²) in [5.74, 6) is -1.11. The number of halogens is 2. The molecule has 0 aliphatic rings. The molecule has 0 aliphatic carbocycles. The molecule has 0 spiro atoms. The molecule has 1 aromatic rings. The van der Waals surface area contributed by atoms with Crippen molar-refractivity contribution in [1.29, 1.82) is 0 Å². The molecule has 0 aliphatic heterocycles. The Kier molecular flexibility index (Phi) is 3.58. The van der Waals surface area contributed by atoms with Crippen LogP contribution < -0.4 is 5.32 Å². The predicted octanol–water partition coefficient (Wildman–Crippen LogP) is 1.99. The van der Waals surface area contributed by atoms with Crippen molar-refractivity contribution in [2.75, 3.05) is 5.32 Å². The van der Waals surface area contributed by atoms with E-state index in [-0.39, 0.29) is 5.69 Å². The molecule has 0 heterocycles. The fourth-order valence-electron chi connectivity index (χ4n) is 0.853. The fourth-order valence-corrected chi connectivity index (χ4v) is 1.32. The summed E-state index contributed by atoms with van der Waals surface area (Å²) in [5.41, 5.74) is 0.279. The smallest absolute Gasteiger partial charge is 0.270 e. The van der Waals surface area contributed by atoms with E-state index in [0.717, 1.165) is 6.07 Å². The van der Waals surface area contributed by atoms with E-state index in [1.807, 2.05) is 0 Å². The molecule has 0 saturated carbocycles. The second kappa shape index (κ2) is 4.71. The Morgan fingerprint density at radius 3 is 2.86 bits per heavy atom. The Hall–Kier alpha value is -1.43. The molecular weight excluding hydrogens is 255 g/mol. The summed E-state index contributed by atoms with van der Waals surface area (Å²) in [6.45, 7) is 0. The minimum atomic E-state index is -0.634. The summed E-state index contributed by atoms with van der Waals surface area (Å²) in [7, 11) is 0. The van der Waals surface area contributed by atoms with Gasteiger partial charge in [0.25, 0.3) is 5.91 Å². The van der Waals surface area contributed by atoms with Gasteiger partial charge in [-0.1, -0.05) is 21.1 Å². The largest absolute Gasteiger partial charge is 0.411 e. The van der Waals surface area contributed by atoms with Gasteiger partial charge in [-0.25, -0.2) is 4.39 Å². The lowest BCUT2D eigenvalue weighted by molar-refractivity contribution is -0.110. The highest BCUT2D eigenvalue weighted by molar-refractivity contribution is 9.10. The summed E-state index contributed by atoms with van der Waals surface area (Å²) >= 11 is 3.07. The Morgan fingerprint density at radius 2 is 2.29 bits per heavy atom. The summed E-state index contributed by atoms with van der Waals surface area (Å²) in [6.07, 6.45) is 0.679. The van der Waals surface area contributed by atoms with Crippen molar-refractivity contribution in [3.05, 3.63) is 28.5 Å². The normalized spacial score (nSPS) is 10.4. The molecule has 0 radical (unpaired) electrons. The average molecular weight is 261 g/mol. The summed E-state index contributed by atoms with van der Waals surface area (Å²) in [5, 5.41) is 12.9. The van der Waals surface area contributed by atoms with E-state index < -0.39 is 11.7 Å². The van der Waals surface area contributed by atoms with Crippen LogP contribution in [0.5, 0.6) is 0 Å². The van der Waals surface area contributed by atoms with Crippen molar-refractivity contribution in [1.82, 2.24) is 0 Å². The van der Waals surface area contributed by atoms with Crippen molar-refractivity contribution in [2.45, 2.75) is 0 Å². The topological polar surface area (TPSA) is 61.7 Å². The van der Waals surface area contributed by atoms with Gasteiger partial charge in [0.2, 0.25) is 0 Å². The highest BCUT2D eigenvalue weighted by Crippen LogP contribution is 2.18. The van der Waals surface area contributed by atoms with E-state index in [9.17, 15) is 9.18 Å². The van der Waals surface area contributed by atoms with Gasteiger partial charge in [-0.2, -0.15) is 0 Å². The predicted molar refractivity (Wildman–Crippen MR) is 53.0 cm³/mol. The third-order valence-corrected chi connectivity index (χ3v) is 1.76. The zero-order valence-corrected chi connectivity index (χ0v) is 8.45. The summed E-state index contributed by atoms with van der Waals surface area (Å²) in [6, 6.07) is 3.93. The van der Waals surface area contributed by atoms with Crippen LogP contribution in [0.15, 0.2) is 27.8 Å². The highest BCUT2D eigenvalue weighted by Gasteiger charge is 2.01. The van der Waals surface area contributed by atoms with Crippen LogP contribution >= 0.6 is 15.9 Å². The molecule has 1 amide bonds. The van der Waals surface area contributed by atoms with E-state index in [1.165, 1.54) is 12.1 Å². The third-order valence-electron chi connectivity index (χ3n) is 1.31. The van der Waals surface area contributed by atoms with Gasteiger partial charge >= 0.3 is 0 Å². The number of carbonyl (C=O) groups is 1. The summed E-state index contributed by atoms with van der Waals surface area (Å²) < 4.78 is 13.3. The molecule has 0 aromatic heterocycles. The first-order chi connectivity index (χ1) is 6.61. The lowest BCUT2D eigenvalue weighted by atomic mass is 10.3. The van der Waals surface area contributed by atoms with E-state index in [2.05, 4.69) is 26.4 Å². The van der Waals surface area contributed by atoms with Crippen molar-refractivity contribution in [2.24, 2.45) is 5.16 Å². The SMILES string of the molecule is O=C(/C=N\O)Nc1cc(F)cc(Br)c1. The van der Waals surface area contributed by atoms with Crippen LogP contribution in [0.3, 0.4) is 0 Å². The van der Waals surface area contributed by atoms with Crippen LogP contribution in [0.25, 0.3) is 0 Å². The van der Waals surface area contributed by atoms with Crippen LogP contribution in [0.1, 0.15) is 0 Å². The number of oxime groups is 1. The molecule has 14 heavy (non-hydrogen) atoms. The minimum Gasteiger partial charge on any atom is -0.411 e. The number of benzene rings is 1. The number of hydrogen-bond donors (Lipinski definition) is 2. The standard InChI is InChI=1S/C8H6BrFN2O2/c9-5-1-6(10)3-7(2-5)12-8(13)4-11-14/h1-4,14H,(H,12,13)/b11-4-. The first-order valence-electron chi connectivity index (χ1n) is 3.56. The zero-order valence-electron chi connectivity index (χ0n) is 6.87. The number of anilines is 1. The molecule has 1 aromatic carbocycles. The molecule has 6 heteroatoms. The highest BCUT2D eigenvalue weighted by atomic mass is 79.9. The zero-order chi connectivity index (χ0) is 10.6. The fraction of sp³-hybridized carbons (Fsp3) is 0. The summed E-state index contributed by atoms with van der Waals surface area (Å²) in [4.78, 5) is 10.9. The maximum Gasteiger partial charge on any atom is 0.270 e. The molecule has 0 fully saturated rings. The number of carbonyl (C=O) groups excluding carboxylic acids is 1. The van der Waals surface area contributed by atoms with Gasteiger partial charge in [0.15, 0.2) is 0 Å². The van der Waals surface area contributed by atoms with E-state index in [4.69, 9.17) is 5.21 Å². The van der Waals surface area contributed by atoms with Gasteiger partial charge in [-0.15, -0.1) is 0 Å². The number of nitrogens with one attached hydrogen (secondary N) is 1. The van der Waals surface area contributed by atoms with Crippen molar-refractivity contribution in [3.8, 4) is 0 Å². The maximum atomic E-state index is 12.8. The van der Waals surface area contributed by atoms with Crippen LogP contribution in [-0.4, -0.2) is 17.3 Å². The number of rotatable bonds is 2. The Balaban J connectivity index is 2.81. The molecular formula is C8H6BrFN2O2. The molecule has 1 rings (SSSR count). The van der Waals surface area contributed by atoms with Gasteiger partial charge in [-0.3, -0.25) is 4.79 Å². The lowest BCUT2D eigenvalue weighted by Gasteiger charge is -2.02. The van der Waals surface area contributed by atoms with Gasteiger partial charge in [0, 0.05) is 10.2 Å². The monoisotopic (exact) mass is 260 g/mol. The van der Waals surface area contributed by atoms with Crippen molar-refractivity contribution >= 4 is 33.7 Å².